The van der Waals surface area contributed by atoms with Gasteiger partial charge >= 0.3 is 0 Å². The van der Waals surface area contributed by atoms with Crippen molar-refractivity contribution in [2.24, 2.45) is 11.8 Å². The lowest BCUT2D eigenvalue weighted by Crippen LogP contribution is -2.44. The molecule has 1 aliphatic heterocycles. The highest BCUT2D eigenvalue weighted by molar-refractivity contribution is 6.09. The summed E-state index contributed by atoms with van der Waals surface area (Å²) in [6, 6.07) is 19.5. The van der Waals surface area contributed by atoms with Crippen molar-refractivity contribution in [3.63, 3.8) is 0 Å². The SMILES string of the molecule is Cc1ccc(C2C(C#N)C(=N)OC(=N)C2C(=N)Cc2ccccc2)cc1. The Kier molecular flexibility index (Phi) is 4.94. The van der Waals surface area contributed by atoms with E-state index in [-0.39, 0.29) is 11.8 Å². The molecule has 0 bridgehead atoms. The first kappa shape index (κ1) is 17.6. The van der Waals surface area contributed by atoms with Gasteiger partial charge in [0.05, 0.1) is 12.0 Å². The minimum atomic E-state index is -0.812. The minimum Gasteiger partial charge on any atom is -0.428 e. The van der Waals surface area contributed by atoms with Crippen LogP contribution in [-0.2, 0) is 11.2 Å². The number of nitrogens with zero attached hydrogens (tertiary/aromatic N) is 1. The lowest BCUT2D eigenvalue weighted by atomic mass is 9.72. The molecule has 0 radical (unpaired) electrons. The van der Waals surface area contributed by atoms with E-state index >= 15 is 0 Å². The Morgan fingerprint density at radius 1 is 1.04 bits per heavy atom. The van der Waals surface area contributed by atoms with Crippen LogP contribution in [0.1, 0.15) is 22.6 Å². The van der Waals surface area contributed by atoms with Crippen LogP contribution in [0.4, 0.5) is 0 Å². The minimum absolute atomic E-state index is 0.131. The summed E-state index contributed by atoms with van der Waals surface area (Å²) in [5.74, 6) is -2.28. The second-order valence-electron chi connectivity index (χ2n) is 6.54. The number of hydrogen-bond acceptors (Lipinski definition) is 5. The smallest absolute Gasteiger partial charge is 0.207 e. The maximum atomic E-state index is 9.61. The van der Waals surface area contributed by atoms with Gasteiger partial charge < -0.3 is 10.1 Å². The van der Waals surface area contributed by atoms with Crippen LogP contribution in [0.15, 0.2) is 54.6 Å². The summed E-state index contributed by atoms with van der Waals surface area (Å²) in [7, 11) is 0. The van der Waals surface area contributed by atoms with E-state index in [1.165, 1.54) is 0 Å². The van der Waals surface area contributed by atoms with Crippen LogP contribution in [0.2, 0.25) is 0 Å². The summed E-state index contributed by atoms with van der Waals surface area (Å²) < 4.78 is 5.24. The van der Waals surface area contributed by atoms with E-state index < -0.39 is 17.8 Å². The average Bonchev–Trinajstić information content (AvgIpc) is 2.62. The maximum Gasteiger partial charge on any atom is 0.207 e. The molecular weight excluding hydrogens is 324 g/mol. The molecule has 0 spiro atoms. The molecule has 0 amide bonds. The number of aryl methyl sites for hydroxylation is 1. The van der Waals surface area contributed by atoms with E-state index in [0.29, 0.717) is 12.1 Å². The summed E-state index contributed by atoms with van der Waals surface area (Å²) in [4.78, 5) is 0. The van der Waals surface area contributed by atoms with Crippen LogP contribution < -0.4 is 0 Å². The number of ether oxygens (including phenoxy) is 1. The second kappa shape index (κ2) is 7.32. The topological polar surface area (TPSA) is 105 Å². The predicted molar refractivity (Wildman–Crippen MR) is 101 cm³/mol. The molecule has 5 nitrogen and oxygen atoms in total. The summed E-state index contributed by atoms with van der Waals surface area (Å²) in [6.07, 6.45) is 0.380. The van der Waals surface area contributed by atoms with Crippen LogP contribution in [0, 0.1) is 46.3 Å². The monoisotopic (exact) mass is 344 g/mol. The Hall–Kier alpha value is -3.26. The van der Waals surface area contributed by atoms with E-state index in [2.05, 4.69) is 6.07 Å². The molecule has 2 aromatic rings. The van der Waals surface area contributed by atoms with Gasteiger partial charge in [-0.25, -0.2) is 0 Å². The van der Waals surface area contributed by atoms with Crippen LogP contribution in [0.25, 0.3) is 0 Å². The van der Waals surface area contributed by atoms with Crippen molar-refractivity contribution in [3.05, 3.63) is 71.3 Å². The standard InChI is InChI=1S/C21H20N4O/c1-13-7-9-15(10-8-13)18-16(12-22)20(24)26-21(25)19(18)17(23)11-14-5-3-2-4-6-14/h2-10,16,18-19,23-25H,11H2,1H3. The van der Waals surface area contributed by atoms with Gasteiger partial charge in [-0.1, -0.05) is 60.2 Å². The maximum absolute atomic E-state index is 9.61. The van der Waals surface area contributed by atoms with Gasteiger partial charge in [-0.3, -0.25) is 10.8 Å². The largest absolute Gasteiger partial charge is 0.428 e. The van der Waals surface area contributed by atoms with Gasteiger partial charge in [0.1, 0.15) is 5.92 Å². The first-order valence-corrected chi connectivity index (χ1v) is 8.43. The quantitative estimate of drug-likeness (QED) is 0.727. The van der Waals surface area contributed by atoms with Crippen molar-refractivity contribution in [1.82, 2.24) is 0 Å². The van der Waals surface area contributed by atoms with E-state index in [9.17, 15) is 5.26 Å². The summed E-state index contributed by atoms with van der Waals surface area (Å²) >= 11 is 0. The highest BCUT2D eigenvalue weighted by Crippen LogP contribution is 2.39. The number of nitrogens with one attached hydrogen (secondary N) is 3. The van der Waals surface area contributed by atoms with Crippen molar-refractivity contribution in [2.45, 2.75) is 19.3 Å². The number of benzene rings is 2. The van der Waals surface area contributed by atoms with Crippen molar-refractivity contribution >= 4 is 17.5 Å². The molecule has 1 aliphatic rings. The highest BCUT2D eigenvalue weighted by atomic mass is 16.5. The zero-order valence-corrected chi connectivity index (χ0v) is 14.5. The number of hydrogen-bond donors (Lipinski definition) is 3. The third kappa shape index (κ3) is 3.40. The molecule has 0 aromatic heterocycles. The summed E-state index contributed by atoms with van der Waals surface area (Å²) in [5.41, 5.74) is 3.24. The Balaban J connectivity index is 1.99. The van der Waals surface area contributed by atoms with Crippen LogP contribution >= 0.6 is 0 Å². The molecule has 3 rings (SSSR count). The normalized spacial score (nSPS) is 22.4. The molecule has 0 aliphatic carbocycles. The molecule has 5 heteroatoms. The fraction of sp³-hybridized carbons (Fsp3) is 0.238. The Morgan fingerprint density at radius 3 is 2.31 bits per heavy atom. The van der Waals surface area contributed by atoms with E-state index in [0.717, 1.165) is 16.7 Å². The molecule has 1 saturated heterocycles. The fourth-order valence-electron chi connectivity index (χ4n) is 3.38. The molecule has 3 atom stereocenters. The lowest BCUT2D eigenvalue weighted by Gasteiger charge is -2.36. The van der Waals surface area contributed by atoms with Gasteiger partial charge in [0.15, 0.2) is 5.90 Å². The summed E-state index contributed by atoms with van der Waals surface area (Å²) in [5, 5.41) is 34.5. The molecule has 3 unspecified atom stereocenters. The molecular formula is C21H20N4O. The number of nitriles is 1. The second-order valence-corrected chi connectivity index (χ2v) is 6.54. The Morgan fingerprint density at radius 2 is 1.69 bits per heavy atom. The first-order chi connectivity index (χ1) is 12.5. The molecule has 2 aromatic carbocycles. The fourth-order valence-corrected chi connectivity index (χ4v) is 3.38. The van der Waals surface area contributed by atoms with Crippen molar-refractivity contribution in [3.8, 4) is 6.07 Å². The summed E-state index contributed by atoms with van der Waals surface area (Å²) in [6.45, 7) is 1.98. The third-order valence-corrected chi connectivity index (χ3v) is 4.72. The third-order valence-electron chi connectivity index (χ3n) is 4.72. The van der Waals surface area contributed by atoms with E-state index in [1.807, 2.05) is 61.5 Å². The van der Waals surface area contributed by atoms with Crippen LogP contribution in [-0.4, -0.2) is 17.5 Å². The molecule has 1 fully saturated rings. The Labute approximate surface area is 152 Å². The van der Waals surface area contributed by atoms with Crippen molar-refractivity contribution in [2.75, 3.05) is 0 Å². The van der Waals surface area contributed by atoms with Gasteiger partial charge in [-0.05, 0) is 18.1 Å². The zero-order chi connectivity index (χ0) is 18.7. The van der Waals surface area contributed by atoms with E-state index in [1.54, 1.807) is 0 Å². The van der Waals surface area contributed by atoms with Gasteiger partial charge in [0, 0.05) is 18.1 Å². The van der Waals surface area contributed by atoms with Gasteiger partial charge in [0.25, 0.3) is 0 Å². The molecule has 1 heterocycles. The van der Waals surface area contributed by atoms with Crippen molar-refractivity contribution < 1.29 is 4.74 Å². The van der Waals surface area contributed by atoms with Gasteiger partial charge in [-0.2, -0.15) is 5.26 Å². The first-order valence-electron chi connectivity index (χ1n) is 8.43. The lowest BCUT2D eigenvalue weighted by molar-refractivity contribution is 0.373. The predicted octanol–water partition coefficient (Wildman–Crippen LogP) is 4.08. The molecule has 0 saturated carbocycles. The van der Waals surface area contributed by atoms with Crippen LogP contribution in [0.5, 0.6) is 0 Å². The van der Waals surface area contributed by atoms with Gasteiger partial charge in [0.2, 0.25) is 5.90 Å². The molecule has 130 valence electrons. The number of rotatable bonds is 4. The molecule has 26 heavy (non-hydrogen) atoms. The zero-order valence-electron chi connectivity index (χ0n) is 14.5. The molecule has 3 N–H and O–H groups in total. The Bertz CT molecular complexity index is 880. The highest BCUT2D eigenvalue weighted by Gasteiger charge is 2.45. The van der Waals surface area contributed by atoms with E-state index in [4.69, 9.17) is 21.0 Å². The average molecular weight is 344 g/mol. The van der Waals surface area contributed by atoms with Gasteiger partial charge in [-0.15, -0.1) is 0 Å². The van der Waals surface area contributed by atoms with Crippen molar-refractivity contribution in [1.29, 1.82) is 21.5 Å². The van der Waals surface area contributed by atoms with Crippen LogP contribution in [0.3, 0.4) is 0 Å².